The molecule has 1 spiro atoms. The number of nitrogens with one attached hydrogen (secondary N) is 2. The summed E-state index contributed by atoms with van der Waals surface area (Å²) < 4.78 is 19.5. The number of carbonyl (C=O) groups excluding carboxylic acids is 2. The van der Waals surface area contributed by atoms with Crippen molar-refractivity contribution in [3.05, 3.63) is 47.8 Å². The molecule has 2 amide bonds. The van der Waals surface area contributed by atoms with Crippen molar-refractivity contribution in [1.29, 1.82) is 5.26 Å². The maximum atomic E-state index is 14.4. The molecule has 1 aliphatic carbocycles. The van der Waals surface area contributed by atoms with Gasteiger partial charge >= 0.3 is 0 Å². The fourth-order valence-corrected chi connectivity index (χ4v) is 5.72. The molecule has 2 aliphatic heterocycles. The Morgan fingerprint density at radius 2 is 1.98 bits per heavy atom. The highest BCUT2D eigenvalue weighted by molar-refractivity contribution is 5.94. The quantitative estimate of drug-likeness (QED) is 0.474. The van der Waals surface area contributed by atoms with E-state index in [9.17, 15) is 14.0 Å². The van der Waals surface area contributed by atoms with Gasteiger partial charge in [-0.05, 0) is 38.2 Å². The zero-order chi connectivity index (χ0) is 27.9. The Labute approximate surface area is 229 Å². The molecule has 40 heavy (non-hydrogen) atoms. The fourth-order valence-electron chi connectivity index (χ4n) is 5.72. The number of halogens is 1. The summed E-state index contributed by atoms with van der Waals surface area (Å²) in [5.41, 5.74) is 0.835. The molecule has 2 atom stereocenters. The molecule has 0 unspecified atom stereocenters. The third kappa shape index (κ3) is 4.81. The van der Waals surface area contributed by atoms with Gasteiger partial charge in [0.05, 0.1) is 37.0 Å². The predicted octanol–water partition coefficient (Wildman–Crippen LogP) is 2.06. The molecular formula is C27H28FN9O3. The minimum atomic E-state index is -0.552. The van der Waals surface area contributed by atoms with Crippen molar-refractivity contribution in [3.63, 3.8) is 0 Å². The van der Waals surface area contributed by atoms with E-state index in [0.717, 1.165) is 32.0 Å². The van der Waals surface area contributed by atoms with Crippen LogP contribution in [-0.4, -0.2) is 80.2 Å². The average molecular weight is 546 g/mol. The number of amides is 2. The molecule has 2 N–H and O–H groups in total. The second kappa shape index (κ2) is 10.2. The lowest BCUT2D eigenvalue weighted by molar-refractivity contribution is -0.127. The SMILES string of the molecule is COc1cc(-c2cc(C(=O)N3CC[C@H](C(=O)N[C@H]4CCN(c5ncc(C#N)cn5)C4)CC34CC4)n[nH]2)c(F)cn1. The van der Waals surface area contributed by atoms with E-state index < -0.39 is 5.82 Å². The van der Waals surface area contributed by atoms with Gasteiger partial charge in [-0.2, -0.15) is 10.4 Å². The van der Waals surface area contributed by atoms with Gasteiger partial charge in [-0.1, -0.05) is 0 Å². The number of rotatable bonds is 6. The lowest BCUT2D eigenvalue weighted by Crippen LogP contribution is -2.52. The molecular weight excluding hydrogens is 517 g/mol. The van der Waals surface area contributed by atoms with Gasteiger partial charge in [0.15, 0.2) is 11.5 Å². The van der Waals surface area contributed by atoms with Crippen LogP contribution in [0.15, 0.2) is 30.7 Å². The summed E-state index contributed by atoms with van der Waals surface area (Å²) in [6.07, 6.45) is 7.67. The normalized spacial score (nSPS) is 21.2. The number of pyridine rings is 1. The highest BCUT2D eigenvalue weighted by atomic mass is 19.1. The Morgan fingerprint density at radius 1 is 1.18 bits per heavy atom. The first-order valence-corrected chi connectivity index (χ1v) is 13.2. The van der Waals surface area contributed by atoms with E-state index in [1.807, 2.05) is 15.9 Å². The van der Waals surface area contributed by atoms with Crippen LogP contribution in [0, 0.1) is 23.1 Å². The van der Waals surface area contributed by atoms with Gasteiger partial charge in [0.25, 0.3) is 5.91 Å². The van der Waals surface area contributed by atoms with E-state index in [4.69, 9.17) is 10.00 Å². The zero-order valence-corrected chi connectivity index (χ0v) is 21.9. The smallest absolute Gasteiger partial charge is 0.274 e. The number of hydrogen-bond acceptors (Lipinski definition) is 9. The Bertz CT molecular complexity index is 1480. The summed E-state index contributed by atoms with van der Waals surface area (Å²) >= 11 is 0. The number of aromatic nitrogens is 5. The van der Waals surface area contributed by atoms with Crippen molar-refractivity contribution in [1.82, 2.24) is 35.4 Å². The Morgan fingerprint density at radius 3 is 2.70 bits per heavy atom. The van der Waals surface area contributed by atoms with Crippen LogP contribution in [0.25, 0.3) is 11.3 Å². The van der Waals surface area contributed by atoms with Crippen LogP contribution in [0.3, 0.4) is 0 Å². The number of H-pyrrole nitrogens is 1. The van der Waals surface area contributed by atoms with Gasteiger partial charge in [0.1, 0.15) is 6.07 Å². The van der Waals surface area contributed by atoms with E-state index in [0.29, 0.717) is 43.1 Å². The van der Waals surface area contributed by atoms with Gasteiger partial charge in [-0.15, -0.1) is 0 Å². The lowest BCUT2D eigenvalue weighted by atomic mass is 9.87. The second-order valence-corrected chi connectivity index (χ2v) is 10.6. The molecule has 5 heterocycles. The minimum absolute atomic E-state index is 0.00939. The van der Waals surface area contributed by atoms with Crippen LogP contribution in [0.1, 0.15) is 48.2 Å². The minimum Gasteiger partial charge on any atom is -0.481 e. The van der Waals surface area contributed by atoms with Crippen LogP contribution >= 0.6 is 0 Å². The number of methoxy groups -OCH3 is 1. The number of anilines is 1. The summed E-state index contributed by atoms with van der Waals surface area (Å²) in [6.45, 7) is 1.77. The first-order chi connectivity index (χ1) is 19.4. The van der Waals surface area contributed by atoms with Crippen LogP contribution in [-0.2, 0) is 4.79 Å². The summed E-state index contributed by atoms with van der Waals surface area (Å²) in [6, 6.07) is 4.98. The van der Waals surface area contributed by atoms with Gasteiger partial charge in [-0.3, -0.25) is 14.7 Å². The average Bonchev–Trinajstić information content (AvgIpc) is 3.35. The first-order valence-electron chi connectivity index (χ1n) is 13.2. The molecule has 2 saturated heterocycles. The molecule has 0 aromatic carbocycles. The van der Waals surface area contributed by atoms with Crippen molar-refractivity contribution < 1.29 is 18.7 Å². The Balaban J connectivity index is 1.07. The Hall–Kier alpha value is -4.60. The van der Waals surface area contributed by atoms with E-state index in [-0.39, 0.29) is 46.5 Å². The second-order valence-electron chi connectivity index (χ2n) is 10.6. The number of likely N-dealkylation sites (tertiary alicyclic amines) is 1. The van der Waals surface area contributed by atoms with E-state index in [1.54, 1.807) is 6.07 Å². The standard InChI is InChI=1S/C27H28FN9O3/c1-40-23-8-19(20(28)14-30-23)21-9-22(35-34-21)25(39)37-7-2-17(10-27(37)4-5-27)24(38)33-18-3-6-36(15-18)26-31-12-16(11-29)13-32-26/h8-9,12-14,17-18H,2-7,10,15H2,1H3,(H,33,38)(H,34,35)/t17-,18-/m0/s1. The molecule has 1 saturated carbocycles. The Kier molecular flexibility index (Phi) is 6.53. The highest BCUT2D eigenvalue weighted by Gasteiger charge is 2.55. The van der Waals surface area contributed by atoms with Gasteiger partial charge in [0.2, 0.25) is 17.7 Å². The van der Waals surface area contributed by atoms with E-state index in [1.165, 1.54) is 25.6 Å². The van der Waals surface area contributed by atoms with Crippen molar-refractivity contribution in [2.45, 2.75) is 43.7 Å². The van der Waals surface area contributed by atoms with E-state index >= 15 is 0 Å². The highest BCUT2D eigenvalue weighted by Crippen LogP contribution is 2.50. The number of nitriles is 1. The van der Waals surface area contributed by atoms with Gasteiger partial charge in [0, 0.05) is 48.8 Å². The topological polar surface area (TPSA) is 153 Å². The van der Waals surface area contributed by atoms with Crippen LogP contribution < -0.4 is 15.0 Å². The van der Waals surface area contributed by atoms with Crippen molar-refractivity contribution in [3.8, 4) is 23.2 Å². The number of piperidine rings is 1. The maximum Gasteiger partial charge on any atom is 0.274 e. The number of hydrogen-bond donors (Lipinski definition) is 2. The van der Waals surface area contributed by atoms with Crippen LogP contribution in [0.4, 0.5) is 10.3 Å². The summed E-state index contributed by atoms with van der Waals surface area (Å²) in [4.78, 5) is 42.9. The monoisotopic (exact) mass is 545 g/mol. The number of aromatic amines is 1. The molecule has 206 valence electrons. The first kappa shape index (κ1) is 25.7. The lowest BCUT2D eigenvalue weighted by Gasteiger charge is -2.39. The summed E-state index contributed by atoms with van der Waals surface area (Å²) in [5, 5.41) is 19.1. The number of nitrogens with zero attached hydrogens (tertiary/aromatic N) is 7. The summed E-state index contributed by atoms with van der Waals surface area (Å²) in [7, 11) is 1.44. The maximum absolute atomic E-state index is 14.4. The number of carbonyl (C=O) groups is 2. The summed E-state index contributed by atoms with van der Waals surface area (Å²) in [5.74, 6) is -0.149. The predicted molar refractivity (Wildman–Crippen MR) is 140 cm³/mol. The van der Waals surface area contributed by atoms with Crippen molar-refractivity contribution in [2.24, 2.45) is 5.92 Å². The molecule has 6 rings (SSSR count). The molecule has 3 aliphatic rings. The fraction of sp³-hybridized carbons (Fsp3) is 0.444. The van der Waals surface area contributed by atoms with Crippen molar-refractivity contribution in [2.75, 3.05) is 31.6 Å². The molecule has 3 aromatic rings. The third-order valence-electron chi connectivity index (χ3n) is 8.05. The largest absolute Gasteiger partial charge is 0.481 e. The van der Waals surface area contributed by atoms with Crippen molar-refractivity contribution >= 4 is 17.8 Å². The molecule has 12 nitrogen and oxygen atoms in total. The van der Waals surface area contributed by atoms with E-state index in [2.05, 4.69) is 30.5 Å². The molecule has 0 radical (unpaired) electrons. The third-order valence-corrected chi connectivity index (χ3v) is 8.05. The molecule has 13 heteroatoms. The molecule has 3 aromatic heterocycles. The van der Waals surface area contributed by atoms with Crippen LogP contribution in [0.5, 0.6) is 5.88 Å². The molecule has 3 fully saturated rings. The van der Waals surface area contributed by atoms with Gasteiger partial charge < -0.3 is 19.9 Å². The van der Waals surface area contributed by atoms with Gasteiger partial charge in [-0.25, -0.2) is 19.3 Å². The molecule has 0 bridgehead atoms. The number of ether oxygens (including phenoxy) is 1. The van der Waals surface area contributed by atoms with Crippen LogP contribution in [0.2, 0.25) is 0 Å². The zero-order valence-electron chi connectivity index (χ0n) is 21.9.